The first-order valence-electron chi connectivity index (χ1n) is 9.44. The van der Waals surface area contributed by atoms with Crippen molar-refractivity contribution in [2.75, 3.05) is 4.90 Å². The Labute approximate surface area is 183 Å². The normalized spacial score (nSPS) is 18.4. The maximum Gasteiger partial charge on any atom is 0.301 e. The van der Waals surface area contributed by atoms with Crippen LogP contribution in [0.1, 0.15) is 42.5 Å². The molecule has 3 aromatic rings. The number of rotatable bonds is 4. The second-order valence-electron chi connectivity index (χ2n) is 7.31. The number of halogens is 1. The average molecular weight is 439 g/mol. The van der Waals surface area contributed by atoms with E-state index in [-0.39, 0.29) is 11.3 Å². The molecule has 1 saturated heterocycles. The van der Waals surface area contributed by atoms with Crippen molar-refractivity contribution in [1.82, 2.24) is 4.98 Å². The lowest BCUT2D eigenvalue weighted by Crippen LogP contribution is -2.29. The minimum atomic E-state index is -0.770. The Balaban J connectivity index is 1.90. The first kappa shape index (κ1) is 20.3. The minimum Gasteiger partial charge on any atom is -0.507 e. The highest BCUT2D eigenvalue weighted by Gasteiger charge is 2.47. The number of hydrogen-bond acceptors (Lipinski definition) is 5. The van der Waals surface area contributed by atoms with Crippen LogP contribution in [0.15, 0.2) is 65.7 Å². The highest BCUT2D eigenvalue weighted by Crippen LogP contribution is 2.42. The number of thiazole rings is 1. The summed E-state index contributed by atoms with van der Waals surface area (Å²) in [4.78, 5) is 31.5. The molecule has 1 amide bonds. The van der Waals surface area contributed by atoms with Crippen molar-refractivity contribution in [2.45, 2.75) is 25.8 Å². The van der Waals surface area contributed by atoms with Gasteiger partial charge in [0.2, 0.25) is 0 Å². The van der Waals surface area contributed by atoms with Gasteiger partial charge in [-0.3, -0.25) is 14.5 Å². The molecule has 5 nitrogen and oxygen atoms in total. The summed E-state index contributed by atoms with van der Waals surface area (Å²) in [7, 11) is 0. The molecule has 2 aromatic carbocycles. The van der Waals surface area contributed by atoms with E-state index in [0.29, 0.717) is 21.6 Å². The summed E-state index contributed by atoms with van der Waals surface area (Å²) in [5.74, 6) is -1.34. The molecule has 30 heavy (non-hydrogen) atoms. The topological polar surface area (TPSA) is 70.5 Å². The van der Waals surface area contributed by atoms with E-state index in [1.54, 1.807) is 35.8 Å². The Morgan fingerprint density at radius 3 is 2.33 bits per heavy atom. The average Bonchev–Trinajstić information content (AvgIpc) is 3.35. The lowest BCUT2D eigenvalue weighted by molar-refractivity contribution is -0.132. The number of amides is 1. The number of Topliss-reactive ketones (excluding diaryl/α,β-unsaturated/α-hetero) is 1. The number of ketones is 1. The quantitative estimate of drug-likeness (QED) is 0.329. The second-order valence-corrected chi connectivity index (χ2v) is 8.62. The first-order chi connectivity index (χ1) is 14.4. The van der Waals surface area contributed by atoms with E-state index in [4.69, 9.17) is 11.6 Å². The molecular weight excluding hydrogens is 420 g/mol. The molecule has 1 unspecified atom stereocenters. The number of carbonyl (C=O) groups is 2. The Bertz CT molecular complexity index is 1120. The molecule has 2 heterocycles. The standard InChI is InChI=1S/C23H19ClN2O3S/c1-13(2)14-3-5-15(6-4-14)19-18(20(27)16-7-9-17(24)10-8-16)21(28)22(29)26(19)23-25-11-12-30-23/h3-13,19,27H,1-2H3/b20-18+. The third-order valence-corrected chi connectivity index (χ3v) is 6.13. The SMILES string of the molecule is CC(C)c1ccc(C2/C(=C(\O)c3ccc(Cl)cc3)C(=O)C(=O)N2c2nccs2)cc1. The zero-order valence-electron chi connectivity index (χ0n) is 16.4. The number of carbonyl (C=O) groups excluding carboxylic acids is 2. The van der Waals surface area contributed by atoms with Crippen molar-refractivity contribution >= 4 is 45.5 Å². The predicted molar refractivity (Wildman–Crippen MR) is 119 cm³/mol. The molecule has 0 spiro atoms. The molecule has 1 aromatic heterocycles. The highest BCUT2D eigenvalue weighted by atomic mass is 35.5. The van der Waals surface area contributed by atoms with Crippen molar-refractivity contribution < 1.29 is 14.7 Å². The van der Waals surface area contributed by atoms with Crippen molar-refractivity contribution in [3.63, 3.8) is 0 Å². The van der Waals surface area contributed by atoms with Crippen LogP contribution in [0.25, 0.3) is 5.76 Å². The number of aliphatic hydroxyl groups excluding tert-OH is 1. The molecule has 0 saturated carbocycles. The number of hydrogen-bond donors (Lipinski definition) is 1. The van der Waals surface area contributed by atoms with Gasteiger partial charge in [-0.25, -0.2) is 4.98 Å². The largest absolute Gasteiger partial charge is 0.507 e. The summed E-state index contributed by atoms with van der Waals surface area (Å²) in [5, 5.41) is 13.7. The van der Waals surface area contributed by atoms with Gasteiger partial charge in [0.1, 0.15) is 5.76 Å². The lowest BCUT2D eigenvalue weighted by atomic mass is 9.93. The fourth-order valence-electron chi connectivity index (χ4n) is 3.51. The molecule has 4 rings (SSSR count). The van der Waals surface area contributed by atoms with E-state index < -0.39 is 17.7 Å². The molecule has 1 fully saturated rings. The fraction of sp³-hybridized carbons (Fsp3) is 0.174. The number of nitrogens with zero attached hydrogens (tertiary/aromatic N) is 2. The molecule has 7 heteroatoms. The highest BCUT2D eigenvalue weighted by molar-refractivity contribution is 7.14. The zero-order valence-corrected chi connectivity index (χ0v) is 17.9. The Hall–Kier alpha value is -2.96. The zero-order chi connectivity index (χ0) is 21.4. The summed E-state index contributed by atoms with van der Waals surface area (Å²) in [6, 6.07) is 13.5. The van der Waals surface area contributed by atoms with Crippen LogP contribution in [0.4, 0.5) is 5.13 Å². The van der Waals surface area contributed by atoms with Gasteiger partial charge in [-0.15, -0.1) is 11.3 Å². The molecule has 0 bridgehead atoms. The van der Waals surface area contributed by atoms with Crippen LogP contribution in [-0.4, -0.2) is 21.8 Å². The molecular formula is C23H19ClN2O3S. The van der Waals surface area contributed by atoms with Crippen LogP contribution in [0.5, 0.6) is 0 Å². The van der Waals surface area contributed by atoms with Crippen molar-refractivity contribution in [1.29, 1.82) is 0 Å². The van der Waals surface area contributed by atoms with E-state index in [9.17, 15) is 14.7 Å². The van der Waals surface area contributed by atoms with Crippen molar-refractivity contribution in [2.24, 2.45) is 0 Å². The molecule has 1 aliphatic rings. The summed E-state index contributed by atoms with van der Waals surface area (Å²) < 4.78 is 0. The van der Waals surface area contributed by atoms with Gasteiger partial charge in [0.15, 0.2) is 5.13 Å². The smallest absolute Gasteiger partial charge is 0.301 e. The Morgan fingerprint density at radius 1 is 1.10 bits per heavy atom. The van der Waals surface area contributed by atoms with Gasteiger partial charge in [0.05, 0.1) is 11.6 Å². The van der Waals surface area contributed by atoms with Crippen LogP contribution in [0.2, 0.25) is 5.02 Å². The summed E-state index contributed by atoms with van der Waals surface area (Å²) in [5.41, 5.74) is 2.32. The Kier molecular flexibility index (Phi) is 5.45. The first-order valence-corrected chi connectivity index (χ1v) is 10.7. The van der Waals surface area contributed by atoms with E-state index in [1.807, 2.05) is 24.3 Å². The molecule has 1 atom stereocenters. The van der Waals surface area contributed by atoms with Gasteiger partial charge < -0.3 is 5.11 Å². The third-order valence-electron chi connectivity index (χ3n) is 5.11. The van der Waals surface area contributed by atoms with Crippen LogP contribution in [0.3, 0.4) is 0 Å². The number of anilines is 1. The van der Waals surface area contributed by atoms with Gasteiger partial charge in [-0.05, 0) is 41.3 Å². The number of aromatic nitrogens is 1. The maximum atomic E-state index is 13.0. The van der Waals surface area contributed by atoms with E-state index in [1.165, 1.54) is 16.2 Å². The van der Waals surface area contributed by atoms with Crippen molar-refractivity contribution in [3.05, 3.63) is 87.4 Å². The van der Waals surface area contributed by atoms with Crippen molar-refractivity contribution in [3.8, 4) is 0 Å². The molecule has 1 aliphatic heterocycles. The molecule has 152 valence electrons. The maximum absolute atomic E-state index is 13.0. The number of aliphatic hydroxyl groups is 1. The lowest BCUT2D eigenvalue weighted by Gasteiger charge is -2.23. The fourth-order valence-corrected chi connectivity index (χ4v) is 4.30. The van der Waals surface area contributed by atoms with Crippen LogP contribution < -0.4 is 4.90 Å². The third kappa shape index (κ3) is 3.53. The number of benzene rings is 2. The van der Waals surface area contributed by atoms with Crippen LogP contribution in [-0.2, 0) is 9.59 Å². The predicted octanol–water partition coefficient (Wildman–Crippen LogP) is 5.55. The Morgan fingerprint density at radius 2 is 1.77 bits per heavy atom. The summed E-state index contributed by atoms with van der Waals surface area (Å²) >= 11 is 7.21. The molecule has 0 radical (unpaired) electrons. The van der Waals surface area contributed by atoms with Gasteiger partial charge in [-0.2, -0.15) is 0 Å². The van der Waals surface area contributed by atoms with Gasteiger partial charge in [0, 0.05) is 22.2 Å². The van der Waals surface area contributed by atoms with Gasteiger partial charge >= 0.3 is 5.91 Å². The van der Waals surface area contributed by atoms with Crippen LogP contribution >= 0.6 is 22.9 Å². The van der Waals surface area contributed by atoms with E-state index in [0.717, 1.165) is 11.1 Å². The monoisotopic (exact) mass is 438 g/mol. The van der Waals surface area contributed by atoms with Gasteiger partial charge in [0.25, 0.3) is 5.78 Å². The molecule has 0 aliphatic carbocycles. The molecule has 1 N–H and O–H groups in total. The van der Waals surface area contributed by atoms with Crippen LogP contribution in [0, 0.1) is 0 Å². The summed E-state index contributed by atoms with van der Waals surface area (Å²) in [6.07, 6.45) is 1.58. The van der Waals surface area contributed by atoms with E-state index >= 15 is 0 Å². The second kappa shape index (κ2) is 8.05. The van der Waals surface area contributed by atoms with Gasteiger partial charge in [-0.1, -0.05) is 49.7 Å². The van der Waals surface area contributed by atoms with E-state index in [2.05, 4.69) is 18.8 Å². The minimum absolute atomic E-state index is 0.0369. The summed E-state index contributed by atoms with van der Waals surface area (Å²) in [6.45, 7) is 4.19.